The van der Waals surface area contributed by atoms with Crippen molar-refractivity contribution in [1.29, 1.82) is 0 Å². The summed E-state index contributed by atoms with van der Waals surface area (Å²) in [6.45, 7) is 12.7. The SMILES string of the molecule is CC(N)N.CCCCO[Si](CC)(OCCCC)OCCCC. The van der Waals surface area contributed by atoms with E-state index in [9.17, 15) is 0 Å². The van der Waals surface area contributed by atoms with Crippen LogP contribution in [0.5, 0.6) is 0 Å². The molecule has 5 nitrogen and oxygen atoms in total. The van der Waals surface area contributed by atoms with Gasteiger partial charge in [0.25, 0.3) is 0 Å². The molecule has 0 heterocycles. The minimum atomic E-state index is -2.38. The maximum atomic E-state index is 6.01. The highest BCUT2D eigenvalue weighted by Gasteiger charge is 2.38. The Morgan fingerprint density at radius 1 is 0.727 bits per heavy atom. The average molecular weight is 337 g/mol. The summed E-state index contributed by atoms with van der Waals surface area (Å²) in [5.74, 6) is 0. The van der Waals surface area contributed by atoms with Crippen LogP contribution in [0.1, 0.15) is 73.1 Å². The minimum Gasteiger partial charge on any atom is -0.373 e. The van der Waals surface area contributed by atoms with Gasteiger partial charge in [-0.2, -0.15) is 0 Å². The van der Waals surface area contributed by atoms with E-state index in [1.807, 2.05) is 0 Å². The molecule has 22 heavy (non-hydrogen) atoms. The summed E-state index contributed by atoms with van der Waals surface area (Å²) in [6, 6.07) is 0.879. The number of nitrogens with two attached hydrogens (primary N) is 2. The van der Waals surface area contributed by atoms with Crippen molar-refractivity contribution < 1.29 is 13.3 Å². The van der Waals surface area contributed by atoms with E-state index in [-0.39, 0.29) is 6.17 Å². The quantitative estimate of drug-likeness (QED) is 0.305. The van der Waals surface area contributed by atoms with E-state index in [0.717, 1.165) is 64.4 Å². The lowest BCUT2D eigenvalue weighted by atomic mass is 10.4. The molecule has 0 aliphatic heterocycles. The van der Waals surface area contributed by atoms with Gasteiger partial charge in [-0.3, -0.25) is 0 Å². The van der Waals surface area contributed by atoms with Crippen LogP contribution in [0.25, 0.3) is 0 Å². The summed E-state index contributed by atoms with van der Waals surface area (Å²) in [7, 11) is -2.38. The van der Waals surface area contributed by atoms with Gasteiger partial charge in [-0.1, -0.05) is 47.0 Å². The molecule has 0 aliphatic rings. The summed E-state index contributed by atoms with van der Waals surface area (Å²) < 4.78 is 18.0. The van der Waals surface area contributed by atoms with E-state index in [1.54, 1.807) is 6.92 Å². The lowest BCUT2D eigenvalue weighted by Gasteiger charge is -2.28. The van der Waals surface area contributed by atoms with E-state index in [1.165, 1.54) is 0 Å². The van der Waals surface area contributed by atoms with Crippen molar-refractivity contribution in [1.82, 2.24) is 0 Å². The molecule has 0 bridgehead atoms. The van der Waals surface area contributed by atoms with Crippen molar-refractivity contribution in [3.63, 3.8) is 0 Å². The molecule has 0 saturated carbocycles. The summed E-state index contributed by atoms with van der Waals surface area (Å²) in [5, 5.41) is 0. The van der Waals surface area contributed by atoms with Crippen molar-refractivity contribution in [2.75, 3.05) is 19.8 Å². The van der Waals surface area contributed by atoms with Crippen LogP contribution in [0.15, 0.2) is 0 Å². The molecule has 0 aromatic heterocycles. The average Bonchev–Trinajstić information content (AvgIpc) is 2.47. The van der Waals surface area contributed by atoms with E-state index in [2.05, 4.69) is 27.7 Å². The highest BCUT2D eigenvalue weighted by atomic mass is 28.4. The van der Waals surface area contributed by atoms with Gasteiger partial charge >= 0.3 is 8.80 Å². The zero-order valence-electron chi connectivity index (χ0n) is 15.5. The fourth-order valence-electron chi connectivity index (χ4n) is 1.55. The number of hydrogen-bond donors (Lipinski definition) is 2. The Morgan fingerprint density at radius 3 is 1.18 bits per heavy atom. The van der Waals surface area contributed by atoms with Gasteiger partial charge in [-0.15, -0.1) is 0 Å². The number of unbranched alkanes of at least 4 members (excludes halogenated alkanes) is 3. The summed E-state index contributed by atoms with van der Waals surface area (Å²) in [4.78, 5) is 0. The molecule has 0 rings (SSSR count). The van der Waals surface area contributed by atoms with Crippen LogP contribution in [0, 0.1) is 0 Å². The first kappa shape index (κ1) is 24.3. The van der Waals surface area contributed by atoms with Crippen LogP contribution < -0.4 is 11.5 Å². The molecule has 0 aliphatic carbocycles. The fourth-order valence-corrected chi connectivity index (χ4v) is 3.78. The normalized spacial score (nSPS) is 11.5. The molecule has 136 valence electrons. The van der Waals surface area contributed by atoms with E-state index in [0.29, 0.717) is 0 Å². The lowest BCUT2D eigenvalue weighted by molar-refractivity contribution is 0.0574. The minimum absolute atomic E-state index is 0.167. The summed E-state index contributed by atoms with van der Waals surface area (Å²) >= 11 is 0. The first-order valence-electron chi connectivity index (χ1n) is 8.90. The third kappa shape index (κ3) is 16.4. The second-order valence-electron chi connectivity index (χ2n) is 5.50. The predicted octanol–water partition coefficient (Wildman–Crippen LogP) is 3.65. The van der Waals surface area contributed by atoms with E-state index < -0.39 is 8.80 Å². The largest absolute Gasteiger partial charge is 0.500 e. The molecule has 6 heteroatoms. The van der Waals surface area contributed by atoms with Gasteiger partial charge in [0, 0.05) is 32.0 Å². The molecule has 0 atom stereocenters. The van der Waals surface area contributed by atoms with Gasteiger partial charge in [0.15, 0.2) is 0 Å². The van der Waals surface area contributed by atoms with Crippen molar-refractivity contribution in [2.24, 2.45) is 11.5 Å². The second kappa shape index (κ2) is 17.4. The van der Waals surface area contributed by atoms with E-state index >= 15 is 0 Å². The zero-order chi connectivity index (χ0) is 17.3. The Morgan fingerprint density at radius 2 is 1.00 bits per heavy atom. The van der Waals surface area contributed by atoms with Crippen LogP contribution in [0.2, 0.25) is 6.04 Å². The highest BCUT2D eigenvalue weighted by molar-refractivity contribution is 6.60. The van der Waals surface area contributed by atoms with Crippen LogP contribution >= 0.6 is 0 Å². The second-order valence-corrected chi connectivity index (χ2v) is 8.44. The van der Waals surface area contributed by atoms with Crippen molar-refractivity contribution in [3.05, 3.63) is 0 Å². The Kier molecular flexibility index (Phi) is 19.2. The Labute approximate surface area is 139 Å². The molecule has 0 spiro atoms. The van der Waals surface area contributed by atoms with E-state index in [4.69, 9.17) is 24.7 Å². The molecule has 0 amide bonds. The maximum Gasteiger partial charge on any atom is 0.500 e. The highest BCUT2D eigenvalue weighted by Crippen LogP contribution is 2.17. The molecule has 0 saturated heterocycles. The molecular formula is C16H40N2O3Si. The van der Waals surface area contributed by atoms with Gasteiger partial charge in [-0.05, 0) is 26.2 Å². The van der Waals surface area contributed by atoms with Crippen molar-refractivity contribution >= 4 is 8.80 Å². The van der Waals surface area contributed by atoms with Gasteiger partial charge < -0.3 is 24.7 Å². The fraction of sp³-hybridized carbons (Fsp3) is 1.00. The van der Waals surface area contributed by atoms with Crippen molar-refractivity contribution in [3.8, 4) is 0 Å². The molecule has 4 N–H and O–H groups in total. The molecule has 0 fully saturated rings. The maximum absolute atomic E-state index is 6.01. The standard InChI is InChI=1S/C14H32O3Si.C2H8N2/c1-5-9-12-15-18(8-4,16-13-10-6-2)17-14-11-7-3;1-2(3)4/h5-14H2,1-4H3;2H,3-4H2,1H3. The van der Waals surface area contributed by atoms with Crippen molar-refractivity contribution in [2.45, 2.75) is 85.4 Å². The Balaban J connectivity index is 0. The lowest BCUT2D eigenvalue weighted by Crippen LogP contribution is -2.46. The van der Waals surface area contributed by atoms with Crippen LogP contribution in [-0.4, -0.2) is 34.8 Å². The van der Waals surface area contributed by atoms with Crippen LogP contribution in [0.3, 0.4) is 0 Å². The third-order valence-electron chi connectivity index (χ3n) is 2.89. The van der Waals surface area contributed by atoms with Gasteiger partial charge in [-0.25, -0.2) is 0 Å². The summed E-state index contributed by atoms with van der Waals surface area (Å²) in [6.07, 6.45) is 6.55. The van der Waals surface area contributed by atoms with Crippen LogP contribution in [-0.2, 0) is 13.3 Å². The van der Waals surface area contributed by atoms with Gasteiger partial charge in [0.1, 0.15) is 0 Å². The monoisotopic (exact) mass is 336 g/mol. The Hall–Kier alpha value is 0.0169. The first-order chi connectivity index (χ1) is 10.5. The third-order valence-corrected chi connectivity index (χ3v) is 5.69. The van der Waals surface area contributed by atoms with Gasteiger partial charge in [0.2, 0.25) is 0 Å². The van der Waals surface area contributed by atoms with Gasteiger partial charge in [0.05, 0.1) is 0 Å². The number of rotatable bonds is 13. The molecule has 0 unspecified atom stereocenters. The zero-order valence-corrected chi connectivity index (χ0v) is 16.5. The predicted molar refractivity (Wildman–Crippen MR) is 96.7 cm³/mol. The van der Waals surface area contributed by atoms with Crippen LogP contribution in [0.4, 0.5) is 0 Å². The molecule has 0 radical (unpaired) electrons. The topological polar surface area (TPSA) is 79.7 Å². The number of hydrogen-bond acceptors (Lipinski definition) is 5. The molecular weight excluding hydrogens is 296 g/mol. The molecule has 0 aromatic carbocycles. The Bertz CT molecular complexity index is 190. The molecule has 0 aromatic rings. The smallest absolute Gasteiger partial charge is 0.373 e. The summed E-state index contributed by atoms with van der Waals surface area (Å²) in [5.41, 5.74) is 9.78. The first-order valence-corrected chi connectivity index (χ1v) is 10.8.